The summed E-state index contributed by atoms with van der Waals surface area (Å²) in [6.07, 6.45) is -0.675. The van der Waals surface area contributed by atoms with Gasteiger partial charge >= 0.3 is 12.1 Å². The van der Waals surface area contributed by atoms with E-state index in [9.17, 15) is 19.5 Å². The fourth-order valence-electron chi connectivity index (χ4n) is 2.29. The molecular weight excluding hydrogens is 376 g/mol. The van der Waals surface area contributed by atoms with Crippen LogP contribution in [0.4, 0.5) is 4.79 Å². The average Bonchev–Trinajstić information content (AvgIpc) is 2.56. The van der Waals surface area contributed by atoms with Crippen LogP contribution in [0.5, 0.6) is 0 Å². The van der Waals surface area contributed by atoms with Crippen LogP contribution in [0.1, 0.15) is 47.1 Å². The topological polar surface area (TPSA) is 114 Å². The molecule has 8 heteroatoms. The summed E-state index contributed by atoms with van der Waals surface area (Å²) in [6, 6.07) is 6.70. The van der Waals surface area contributed by atoms with Gasteiger partial charge in [0.25, 0.3) is 0 Å². The van der Waals surface area contributed by atoms with Crippen LogP contribution in [0, 0.1) is 0 Å². The maximum absolute atomic E-state index is 12.7. The number of hydrogen-bond donors (Lipinski definition) is 3. The van der Waals surface area contributed by atoms with Crippen molar-refractivity contribution in [2.45, 2.75) is 71.2 Å². The van der Waals surface area contributed by atoms with Gasteiger partial charge < -0.3 is 25.2 Å². The van der Waals surface area contributed by atoms with Crippen LogP contribution >= 0.6 is 0 Å². The molecule has 1 rings (SSSR count). The Labute approximate surface area is 172 Å². The van der Waals surface area contributed by atoms with Crippen LogP contribution in [0.2, 0.25) is 0 Å². The molecule has 1 aromatic carbocycles. The molecule has 0 aromatic heterocycles. The third-order valence-electron chi connectivity index (χ3n) is 3.59. The smallest absolute Gasteiger partial charge is 0.408 e. The van der Waals surface area contributed by atoms with E-state index < -0.39 is 41.3 Å². The Morgan fingerprint density at radius 2 is 1.52 bits per heavy atom. The molecule has 2 atom stereocenters. The number of carbonyl (C=O) groups is 3. The molecule has 29 heavy (non-hydrogen) atoms. The molecule has 0 unspecified atom stereocenters. The molecule has 0 saturated carbocycles. The van der Waals surface area contributed by atoms with Gasteiger partial charge in [-0.1, -0.05) is 30.3 Å². The lowest BCUT2D eigenvalue weighted by Gasteiger charge is -2.27. The Hall–Kier alpha value is -2.61. The molecule has 0 spiro atoms. The average molecular weight is 408 g/mol. The number of ether oxygens (including phenoxy) is 2. The summed E-state index contributed by atoms with van der Waals surface area (Å²) in [5.41, 5.74) is -0.528. The standard InChI is InChI=1S/C21H32N2O6/c1-20(2,3)28-13-16(23-19(27)29-21(4,5)6)17(24)22-15(18(25)26)12-14-10-8-7-9-11-14/h7-11,15-16H,12-13H2,1-6H3,(H,22,24)(H,23,27)(H,25,26)/t15-,16-/m0/s1. The molecule has 2 amide bonds. The van der Waals surface area contributed by atoms with E-state index in [-0.39, 0.29) is 13.0 Å². The van der Waals surface area contributed by atoms with Crippen LogP contribution in [0.15, 0.2) is 30.3 Å². The zero-order valence-corrected chi connectivity index (χ0v) is 17.9. The Morgan fingerprint density at radius 3 is 2.00 bits per heavy atom. The molecule has 0 aliphatic carbocycles. The van der Waals surface area contributed by atoms with Crippen molar-refractivity contribution in [1.29, 1.82) is 0 Å². The van der Waals surface area contributed by atoms with Crippen LogP contribution in [0.25, 0.3) is 0 Å². The fraction of sp³-hybridized carbons (Fsp3) is 0.571. The van der Waals surface area contributed by atoms with Gasteiger partial charge in [0.1, 0.15) is 17.7 Å². The van der Waals surface area contributed by atoms with Crippen molar-refractivity contribution in [1.82, 2.24) is 10.6 Å². The molecule has 0 saturated heterocycles. The van der Waals surface area contributed by atoms with E-state index in [2.05, 4.69) is 10.6 Å². The number of hydrogen-bond acceptors (Lipinski definition) is 5. The Bertz CT molecular complexity index is 691. The number of rotatable bonds is 8. The number of carboxylic acids is 1. The number of aliphatic carboxylic acids is 1. The van der Waals surface area contributed by atoms with Gasteiger partial charge in [0.05, 0.1) is 12.2 Å². The van der Waals surface area contributed by atoms with Gasteiger partial charge in [0, 0.05) is 6.42 Å². The van der Waals surface area contributed by atoms with E-state index in [1.165, 1.54) is 0 Å². The normalized spacial score (nSPS) is 13.9. The highest BCUT2D eigenvalue weighted by molar-refractivity contribution is 5.89. The van der Waals surface area contributed by atoms with Gasteiger partial charge in [-0.2, -0.15) is 0 Å². The van der Waals surface area contributed by atoms with Crippen molar-refractivity contribution < 1.29 is 29.0 Å². The Balaban J connectivity index is 2.88. The first kappa shape index (κ1) is 24.4. The van der Waals surface area contributed by atoms with Crippen molar-refractivity contribution in [2.75, 3.05) is 6.61 Å². The van der Waals surface area contributed by atoms with Crippen LogP contribution in [0.3, 0.4) is 0 Å². The van der Waals surface area contributed by atoms with Crippen molar-refractivity contribution in [3.8, 4) is 0 Å². The van der Waals surface area contributed by atoms with Crippen molar-refractivity contribution in [3.05, 3.63) is 35.9 Å². The highest BCUT2D eigenvalue weighted by Crippen LogP contribution is 2.10. The third kappa shape index (κ3) is 10.5. The second-order valence-corrected chi connectivity index (χ2v) is 8.71. The number of nitrogens with one attached hydrogen (secondary N) is 2. The van der Waals surface area contributed by atoms with Crippen molar-refractivity contribution >= 4 is 18.0 Å². The minimum atomic E-state index is -1.17. The molecule has 3 N–H and O–H groups in total. The summed E-state index contributed by atoms with van der Waals surface area (Å²) in [7, 11) is 0. The van der Waals surface area contributed by atoms with E-state index in [0.29, 0.717) is 0 Å². The number of carbonyl (C=O) groups excluding carboxylic acids is 2. The second kappa shape index (κ2) is 10.2. The van der Waals surface area contributed by atoms with Gasteiger partial charge in [-0.25, -0.2) is 9.59 Å². The lowest BCUT2D eigenvalue weighted by atomic mass is 10.1. The van der Waals surface area contributed by atoms with Crippen molar-refractivity contribution in [2.24, 2.45) is 0 Å². The predicted molar refractivity (Wildman–Crippen MR) is 109 cm³/mol. The molecule has 162 valence electrons. The number of benzene rings is 1. The van der Waals surface area contributed by atoms with E-state index in [0.717, 1.165) is 5.56 Å². The maximum atomic E-state index is 12.7. The third-order valence-corrected chi connectivity index (χ3v) is 3.59. The Morgan fingerprint density at radius 1 is 0.931 bits per heavy atom. The van der Waals surface area contributed by atoms with Crippen LogP contribution in [-0.4, -0.2) is 53.0 Å². The molecule has 1 aromatic rings. The summed E-state index contributed by atoms with van der Waals surface area (Å²) >= 11 is 0. The van der Waals surface area contributed by atoms with E-state index in [4.69, 9.17) is 9.47 Å². The summed E-state index contributed by atoms with van der Waals surface area (Å²) in [4.78, 5) is 36.5. The zero-order chi connectivity index (χ0) is 22.2. The van der Waals surface area contributed by atoms with E-state index >= 15 is 0 Å². The molecule has 0 heterocycles. The summed E-state index contributed by atoms with van der Waals surface area (Å²) in [6.45, 7) is 10.4. The second-order valence-electron chi connectivity index (χ2n) is 8.71. The van der Waals surface area contributed by atoms with Gasteiger partial charge in [-0.15, -0.1) is 0 Å². The minimum absolute atomic E-state index is 0.112. The molecule has 0 radical (unpaired) electrons. The van der Waals surface area contributed by atoms with Gasteiger partial charge in [0.15, 0.2) is 0 Å². The van der Waals surface area contributed by atoms with Gasteiger partial charge in [-0.05, 0) is 47.1 Å². The lowest BCUT2D eigenvalue weighted by molar-refractivity contribution is -0.142. The van der Waals surface area contributed by atoms with Crippen molar-refractivity contribution in [3.63, 3.8) is 0 Å². The molecule has 0 aliphatic heterocycles. The largest absolute Gasteiger partial charge is 0.480 e. The van der Waals surface area contributed by atoms with E-state index in [1.54, 1.807) is 45.0 Å². The molecule has 0 bridgehead atoms. The number of carboxylic acid groups (broad SMARTS) is 1. The predicted octanol–water partition coefficient (Wildman–Crippen LogP) is 2.51. The van der Waals surface area contributed by atoms with E-state index in [1.807, 2.05) is 26.8 Å². The fourth-order valence-corrected chi connectivity index (χ4v) is 2.29. The highest BCUT2D eigenvalue weighted by atomic mass is 16.6. The first-order chi connectivity index (χ1) is 13.3. The molecule has 8 nitrogen and oxygen atoms in total. The summed E-state index contributed by atoms with van der Waals surface area (Å²) in [5.74, 6) is -1.83. The number of alkyl carbamates (subject to hydrolysis) is 1. The highest BCUT2D eigenvalue weighted by Gasteiger charge is 2.29. The molecule has 0 aliphatic rings. The lowest BCUT2D eigenvalue weighted by Crippen LogP contribution is -2.55. The molecular formula is C21H32N2O6. The van der Waals surface area contributed by atoms with Crippen LogP contribution < -0.4 is 10.6 Å². The SMILES string of the molecule is CC(C)(C)OC[C@H](NC(=O)OC(C)(C)C)C(=O)N[C@@H](Cc1ccccc1)C(=O)O. The first-order valence-electron chi connectivity index (χ1n) is 9.47. The monoisotopic (exact) mass is 408 g/mol. The minimum Gasteiger partial charge on any atom is -0.480 e. The number of amides is 2. The maximum Gasteiger partial charge on any atom is 0.408 e. The summed E-state index contributed by atoms with van der Waals surface area (Å²) in [5, 5.41) is 14.4. The van der Waals surface area contributed by atoms with Crippen LogP contribution in [-0.2, 0) is 25.5 Å². The molecule has 0 fully saturated rings. The first-order valence-corrected chi connectivity index (χ1v) is 9.47. The zero-order valence-electron chi connectivity index (χ0n) is 17.9. The summed E-state index contributed by atoms with van der Waals surface area (Å²) < 4.78 is 10.8. The quantitative estimate of drug-likeness (QED) is 0.609. The van der Waals surface area contributed by atoms with Gasteiger partial charge in [0.2, 0.25) is 5.91 Å². The Kier molecular flexibility index (Phi) is 8.63. The van der Waals surface area contributed by atoms with Gasteiger partial charge in [-0.3, -0.25) is 4.79 Å².